The summed E-state index contributed by atoms with van der Waals surface area (Å²) in [4.78, 5) is 14.2. The van der Waals surface area contributed by atoms with E-state index in [1.807, 2.05) is 6.92 Å². The SMILES string of the molecule is CCCNC(C)(CCCCN1CCCC(C)(C)C1)C(N)=O. The van der Waals surface area contributed by atoms with Gasteiger partial charge in [0, 0.05) is 6.54 Å². The molecule has 0 spiro atoms. The van der Waals surface area contributed by atoms with E-state index in [0.29, 0.717) is 5.41 Å². The molecule has 4 heteroatoms. The van der Waals surface area contributed by atoms with Crippen molar-refractivity contribution in [2.75, 3.05) is 26.2 Å². The van der Waals surface area contributed by atoms with E-state index in [9.17, 15) is 4.79 Å². The summed E-state index contributed by atoms with van der Waals surface area (Å²) in [7, 11) is 0. The summed E-state index contributed by atoms with van der Waals surface area (Å²) in [6.07, 6.45) is 6.69. The molecule has 0 aromatic carbocycles. The Hall–Kier alpha value is -0.610. The van der Waals surface area contributed by atoms with Gasteiger partial charge in [-0.15, -0.1) is 0 Å². The molecule has 1 heterocycles. The van der Waals surface area contributed by atoms with Gasteiger partial charge in [-0.1, -0.05) is 20.8 Å². The maximum absolute atomic E-state index is 11.7. The highest BCUT2D eigenvalue weighted by molar-refractivity contribution is 5.84. The second-order valence-electron chi connectivity index (χ2n) is 7.62. The molecule has 1 unspecified atom stereocenters. The number of likely N-dealkylation sites (tertiary alicyclic amines) is 1. The molecule has 4 nitrogen and oxygen atoms in total. The number of carbonyl (C=O) groups is 1. The lowest BCUT2D eigenvalue weighted by Gasteiger charge is -2.38. The molecule has 1 saturated heterocycles. The van der Waals surface area contributed by atoms with E-state index in [1.165, 1.54) is 25.9 Å². The van der Waals surface area contributed by atoms with E-state index in [-0.39, 0.29) is 5.91 Å². The first-order valence-electron chi connectivity index (χ1n) is 8.56. The molecule has 0 aromatic rings. The van der Waals surface area contributed by atoms with E-state index in [0.717, 1.165) is 38.8 Å². The minimum Gasteiger partial charge on any atom is -0.368 e. The number of carbonyl (C=O) groups excluding carboxylic acids is 1. The fourth-order valence-electron chi connectivity index (χ4n) is 3.25. The molecule has 0 saturated carbocycles. The predicted molar refractivity (Wildman–Crippen MR) is 89.2 cm³/mol. The van der Waals surface area contributed by atoms with Crippen molar-refractivity contribution in [2.45, 2.75) is 71.8 Å². The van der Waals surface area contributed by atoms with Gasteiger partial charge in [0.15, 0.2) is 0 Å². The zero-order valence-electron chi connectivity index (χ0n) is 14.5. The predicted octanol–water partition coefficient (Wildman–Crippen LogP) is 2.52. The van der Waals surface area contributed by atoms with Crippen LogP contribution in [0.2, 0.25) is 0 Å². The number of unbranched alkanes of at least 4 members (excludes halogenated alkanes) is 1. The molecule has 124 valence electrons. The number of amides is 1. The number of hydrogen-bond acceptors (Lipinski definition) is 3. The minimum atomic E-state index is -0.544. The first kappa shape index (κ1) is 18.4. The molecule has 0 radical (unpaired) electrons. The van der Waals surface area contributed by atoms with E-state index in [4.69, 9.17) is 5.73 Å². The standard InChI is InChI=1S/C17H35N3O/c1-5-11-19-17(4,15(18)21)10-6-7-12-20-13-8-9-16(2,3)14-20/h19H,5-14H2,1-4H3,(H2,18,21). The van der Waals surface area contributed by atoms with Crippen LogP contribution in [-0.4, -0.2) is 42.5 Å². The number of piperidine rings is 1. The number of nitrogens with two attached hydrogens (primary N) is 1. The number of nitrogens with zero attached hydrogens (tertiary/aromatic N) is 1. The van der Waals surface area contributed by atoms with Gasteiger partial charge in [-0.05, 0) is 70.5 Å². The minimum absolute atomic E-state index is 0.227. The van der Waals surface area contributed by atoms with Crippen molar-refractivity contribution >= 4 is 5.91 Å². The maximum Gasteiger partial charge on any atom is 0.237 e. The van der Waals surface area contributed by atoms with Crippen molar-refractivity contribution in [3.63, 3.8) is 0 Å². The van der Waals surface area contributed by atoms with Crippen LogP contribution in [0, 0.1) is 5.41 Å². The number of primary amides is 1. The second kappa shape index (κ2) is 8.14. The van der Waals surface area contributed by atoms with E-state index >= 15 is 0 Å². The molecule has 0 aromatic heterocycles. The highest BCUT2D eigenvalue weighted by atomic mass is 16.1. The van der Waals surface area contributed by atoms with E-state index in [2.05, 4.69) is 31.0 Å². The zero-order chi connectivity index (χ0) is 15.9. The van der Waals surface area contributed by atoms with Crippen LogP contribution < -0.4 is 11.1 Å². The normalized spacial score (nSPS) is 21.9. The summed E-state index contributed by atoms with van der Waals surface area (Å²) in [6.45, 7) is 13.2. The van der Waals surface area contributed by atoms with Gasteiger partial charge in [-0.2, -0.15) is 0 Å². The van der Waals surface area contributed by atoms with Crippen molar-refractivity contribution in [1.29, 1.82) is 0 Å². The van der Waals surface area contributed by atoms with Crippen molar-refractivity contribution in [2.24, 2.45) is 11.1 Å². The highest BCUT2D eigenvalue weighted by Gasteiger charge is 2.30. The Kier molecular flexibility index (Phi) is 7.14. The number of rotatable bonds is 9. The topological polar surface area (TPSA) is 58.4 Å². The van der Waals surface area contributed by atoms with Crippen LogP contribution in [0.4, 0.5) is 0 Å². The third kappa shape index (κ3) is 6.35. The summed E-state index contributed by atoms with van der Waals surface area (Å²) in [6, 6.07) is 0. The van der Waals surface area contributed by atoms with Crippen molar-refractivity contribution in [3.05, 3.63) is 0 Å². The Morgan fingerprint density at radius 3 is 2.67 bits per heavy atom. The molecule has 21 heavy (non-hydrogen) atoms. The molecular weight excluding hydrogens is 262 g/mol. The van der Waals surface area contributed by atoms with Gasteiger partial charge in [-0.25, -0.2) is 0 Å². The van der Waals surface area contributed by atoms with E-state index in [1.54, 1.807) is 0 Å². The van der Waals surface area contributed by atoms with Gasteiger partial charge < -0.3 is 16.0 Å². The fraction of sp³-hybridized carbons (Fsp3) is 0.941. The Morgan fingerprint density at radius 2 is 2.10 bits per heavy atom. The first-order valence-corrected chi connectivity index (χ1v) is 8.56. The summed E-state index contributed by atoms with van der Waals surface area (Å²) in [5, 5.41) is 3.31. The Bertz CT molecular complexity index is 330. The summed E-state index contributed by atoms with van der Waals surface area (Å²) < 4.78 is 0. The zero-order valence-corrected chi connectivity index (χ0v) is 14.5. The molecule has 1 rings (SSSR count). The second-order valence-corrected chi connectivity index (χ2v) is 7.62. The van der Waals surface area contributed by atoms with Gasteiger partial charge in [0.25, 0.3) is 0 Å². The van der Waals surface area contributed by atoms with Crippen LogP contribution in [-0.2, 0) is 4.79 Å². The Balaban J connectivity index is 2.29. The van der Waals surface area contributed by atoms with Gasteiger partial charge in [0.05, 0.1) is 5.54 Å². The van der Waals surface area contributed by atoms with Crippen LogP contribution in [0.1, 0.15) is 66.2 Å². The van der Waals surface area contributed by atoms with Crippen LogP contribution in [0.15, 0.2) is 0 Å². The number of hydrogen-bond donors (Lipinski definition) is 2. The lowest BCUT2D eigenvalue weighted by molar-refractivity contribution is -0.124. The average molecular weight is 297 g/mol. The molecule has 1 aliphatic rings. The van der Waals surface area contributed by atoms with Crippen LogP contribution in [0.5, 0.6) is 0 Å². The van der Waals surface area contributed by atoms with E-state index < -0.39 is 5.54 Å². The van der Waals surface area contributed by atoms with Crippen LogP contribution in [0.25, 0.3) is 0 Å². The fourth-order valence-corrected chi connectivity index (χ4v) is 3.25. The van der Waals surface area contributed by atoms with Crippen molar-refractivity contribution in [3.8, 4) is 0 Å². The Morgan fingerprint density at radius 1 is 1.38 bits per heavy atom. The maximum atomic E-state index is 11.7. The largest absolute Gasteiger partial charge is 0.368 e. The molecular formula is C17H35N3O. The molecule has 1 aliphatic heterocycles. The van der Waals surface area contributed by atoms with Crippen molar-refractivity contribution in [1.82, 2.24) is 10.2 Å². The molecule has 1 atom stereocenters. The monoisotopic (exact) mass is 297 g/mol. The first-order chi connectivity index (χ1) is 9.79. The van der Waals surface area contributed by atoms with Gasteiger partial charge >= 0.3 is 0 Å². The molecule has 1 amide bonds. The average Bonchev–Trinajstić information content (AvgIpc) is 2.40. The number of nitrogens with one attached hydrogen (secondary N) is 1. The smallest absolute Gasteiger partial charge is 0.237 e. The Labute approximate surface area is 130 Å². The lowest BCUT2D eigenvalue weighted by atomic mass is 9.84. The van der Waals surface area contributed by atoms with Gasteiger partial charge in [-0.3, -0.25) is 4.79 Å². The molecule has 1 fully saturated rings. The summed E-state index contributed by atoms with van der Waals surface area (Å²) in [5.41, 5.74) is 5.48. The van der Waals surface area contributed by atoms with Crippen LogP contribution in [0.3, 0.4) is 0 Å². The van der Waals surface area contributed by atoms with Crippen molar-refractivity contribution < 1.29 is 4.79 Å². The third-order valence-electron chi connectivity index (χ3n) is 4.69. The molecule has 0 bridgehead atoms. The quantitative estimate of drug-likeness (QED) is 0.643. The third-order valence-corrected chi connectivity index (χ3v) is 4.69. The summed E-state index contributed by atoms with van der Waals surface area (Å²) >= 11 is 0. The molecule has 0 aliphatic carbocycles. The van der Waals surface area contributed by atoms with Gasteiger partial charge in [0.1, 0.15) is 0 Å². The van der Waals surface area contributed by atoms with Gasteiger partial charge in [0.2, 0.25) is 5.91 Å². The molecule has 3 N–H and O–H groups in total. The summed E-state index contributed by atoms with van der Waals surface area (Å²) in [5.74, 6) is -0.227. The van der Waals surface area contributed by atoms with Crippen LogP contribution >= 0.6 is 0 Å². The highest BCUT2D eigenvalue weighted by Crippen LogP contribution is 2.28. The lowest BCUT2D eigenvalue weighted by Crippen LogP contribution is -2.53.